The molecule has 2 amide bonds. The van der Waals surface area contributed by atoms with E-state index in [0.29, 0.717) is 26.2 Å². The lowest BCUT2D eigenvalue weighted by atomic mass is 10.3. The van der Waals surface area contributed by atoms with Crippen LogP contribution in [0.4, 0.5) is 0 Å². The monoisotopic (exact) mass is 317 g/mol. The number of piperazine rings is 1. The van der Waals surface area contributed by atoms with Crippen LogP contribution in [0.5, 0.6) is 0 Å². The first kappa shape index (κ1) is 15.4. The van der Waals surface area contributed by atoms with E-state index < -0.39 is 0 Å². The van der Waals surface area contributed by atoms with Crippen molar-refractivity contribution >= 4 is 11.8 Å². The van der Waals surface area contributed by atoms with Gasteiger partial charge in [0.1, 0.15) is 11.5 Å². The van der Waals surface area contributed by atoms with E-state index in [1.807, 2.05) is 29.2 Å². The maximum Gasteiger partial charge on any atom is 0.239 e. The Kier molecular flexibility index (Phi) is 4.77. The molecule has 1 aliphatic heterocycles. The Hall–Kier alpha value is -2.54. The van der Waals surface area contributed by atoms with Gasteiger partial charge in [-0.2, -0.15) is 0 Å². The lowest BCUT2D eigenvalue weighted by Crippen LogP contribution is -2.52. The average Bonchev–Trinajstić information content (AvgIpc) is 3.21. The van der Waals surface area contributed by atoms with Crippen LogP contribution in [0.15, 0.2) is 45.6 Å². The van der Waals surface area contributed by atoms with Crippen molar-refractivity contribution in [3.05, 3.63) is 48.3 Å². The van der Waals surface area contributed by atoms with Gasteiger partial charge in [0.15, 0.2) is 0 Å². The van der Waals surface area contributed by atoms with Gasteiger partial charge in [0.25, 0.3) is 0 Å². The largest absolute Gasteiger partial charge is 0.468 e. The number of nitrogens with zero attached hydrogens (tertiary/aromatic N) is 2. The summed E-state index contributed by atoms with van der Waals surface area (Å²) in [7, 11) is 0. The minimum Gasteiger partial charge on any atom is -0.468 e. The summed E-state index contributed by atoms with van der Waals surface area (Å²) in [6, 6.07) is 7.37. The van der Waals surface area contributed by atoms with E-state index in [9.17, 15) is 9.59 Å². The smallest absolute Gasteiger partial charge is 0.239 e. The molecule has 7 nitrogen and oxygen atoms in total. The second-order valence-electron chi connectivity index (χ2n) is 5.47. The molecule has 0 radical (unpaired) electrons. The molecule has 0 spiro atoms. The van der Waals surface area contributed by atoms with Crippen molar-refractivity contribution in [2.24, 2.45) is 0 Å². The van der Waals surface area contributed by atoms with Crippen LogP contribution < -0.4 is 5.32 Å². The quantitative estimate of drug-likeness (QED) is 0.854. The van der Waals surface area contributed by atoms with Crippen LogP contribution in [0, 0.1) is 0 Å². The molecule has 1 N–H and O–H groups in total. The number of hydrogen-bond acceptors (Lipinski definition) is 5. The highest BCUT2D eigenvalue weighted by molar-refractivity contribution is 5.86. The van der Waals surface area contributed by atoms with Crippen molar-refractivity contribution in [2.75, 3.05) is 26.2 Å². The minimum absolute atomic E-state index is 0.0713. The zero-order chi connectivity index (χ0) is 16.1. The fourth-order valence-corrected chi connectivity index (χ4v) is 2.56. The maximum atomic E-state index is 12.5. The third-order valence-electron chi connectivity index (χ3n) is 3.67. The molecule has 0 aromatic carbocycles. The van der Waals surface area contributed by atoms with E-state index >= 15 is 0 Å². The Labute approximate surface area is 133 Å². The van der Waals surface area contributed by atoms with Gasteiger partial charge in [-0.25, -0.2) is 0 Å². The average molecular weight is 317 g/mol. The summed E-state index contributed by atoms with van der Waals surface area (Å²) < 4.78 is 10.7. The van der Waals surface area contributed by atoms with Crippen molar-refractivity contribution in [1.82, 2.24) is 15.1 Å². The van der Waals surface area contributed by atoms with Gasteiger partial charge < -0.3 is 19.1 Å². The first-order chi connectivity index (χ1) is 11.2. The second-order valence-corrected chi connectivity index (χ2v) is 5.47. The third kappa shape index (κ3) is 4.23. The molecule has 0 saturated carbocycles. The van der Waals surface area contributed by atoms with Gasteiger partial charge >= 0.3 is 0 Å². The molecule has 1 fully saturated rings. The van der Waals surface area contributed by atoms with E-state index in [-0.39, 0.29) is 24.9 Å². The van der Waals surface area contributed by atoms with Gasteiger partial charge in [0.05, 0.1) is 38.7 Å². The zero-order valence-electron chi connectivity index (χ0n) is 12.7. The molecule has 2 aromatic rings. The molecule has 0 bridgehead atoms. The highest BCUT2D eigenvalue weighted by atomic mass is 16.3. The molecular formula is C16H19N3O4. The lowest BCUT2D eigenvalue weighted by molar-refractivity contribution is -0.139. The number of furan rings is 2. The fraction of sp³-hybridized carbons (Fsp3) is 0.375. The number of hydrogen-bond donors (Lipinski definition) is 1. The first-order valence-electron chi connectivity index (χ1n) is 7.52. The summed E-state index contributed by atoms with van der Waals surface area (Å²) in [6.07, 6.45) is 3.22. The normalized spacial score (nSPS) is 15.0. The van der Waals surface area contributed by atoms with E-state index in [1.54, 1.807) is 17.4 Å². The second kappa shape index (κ2) is 7.15. The first-order valence-corrected chi connectivity index (χ1v) is 7.52. The van der Waals surface area contributed by atoms with Crippen LogP contribution >= 0.6 is 0 Å². The van der Waals surface area contributed by atoms with Gasteiger partial charge in [-0.05, 0) is 24.3 Å². The van der Waals surface area contributed by atoms with Crippen LogP contribution in [-0.2, 0) is 22.7 Å². The van der Waals surface area contributed by atoms with E-state index in [4.69, 9.17) is 8.83 Å². The molecule has 3 rings (SSSR count). The third-order valence-corrected chi connectivity index (χ3v) is 3.67. The van der Waals surface area contributed by atoms with Crippen molar-refractivity contribution in [2.45, 2.75) is 13.1 Å². The highest BCUT2D eigenvalue weighted by Gasteiger charge is 2.23. The molecule has 3 heterocycles. The molecule has 122 valence electrons. The summed E-state index contributed by atoms with van der Waals surface area (Å²) in [6.45, 7) is 2.36. The highest BCUT2D eigenvalue weighted by Crippen LogP contribution is 2.11. The van der Waals surface area contributed by atoms with Gasteiger partial charge in [-0.3, -0.25) is 14.5 Å². The maximum absolute atomic E-state index is 12.5. The Morgan fingerprint density at radius 3 is 2.35 bits per heavy atom. The van der Waals surface area contributed by atoms with E-state index in [2.05, 4.69) is 5.32 Å². The van der Waals surface area contributed by atoms with Crippen molar-refractivity contribution in [3.63, 3.8) is 0 Å². The molecule has 23 heavy (non-hydrogen) atoms. The Bertz CT molecular complexity index is 600. The van der Waals surface area contributed by atoms with Crippen LogP contribution in [0.3, 0.4) is 0 Å². The van der Waals surface area contributed by atoms with Crippen LogP contribution in [0.2, 0.25) is 0 Å². The predicted octanol–water partition coefficient (Wildman–Crippen LogP) is 0.833. The number of carbonyl (C=O) groups excluding carboxylic acids is 2. The Morgan fingerprint density at radius 2 is 1.83 bits per heavy atom. The Morgan fingerprint density at radius 1 is 1.17 bits per heavy atom. The summed E-state index contributed by atoms with van der Waals surface area (Å²) in [4.78, 5) is 27.4. The Balaban J connectivity index is 1.64. The van der Waals surface area contributed by atoms with Gasteiger partial charge in [-0.15, -0.1) is 0 Å². The summed E-state index contributed by atoms with van der Waals surface area (Å²) >= 11 is 0. The van der Waals surface area contributed by atoms with Crippen molar-refractivity contribution in [3.8, 4) is 0 Å². The number of rotatable bonds is 6. The zero-order valence-corrected chi connectivity index (χ0v) is 12.7. The minimum atomic E-state index is -0.117. The molecular weight excluding hydrogens is 298 g/mol. The van der Waals surface area contributed by atoms with Crippen LogP contribution in [0.1, 0.15) is 11.5 Å². The standard InChI is InChI=1S/C16H19N3O4/c20-15-11-19(6-5-17-15)16(21)12-18(9-13-3-1-7-22-13)10-14-4-2-8-23-14/h1-4,7-8H,5-6,9-12H2,(H,17,20). The van der Waals surface area contributed by atoms with Gasteiger partial charge in [0.2, 0.25) is 11.8 Å². The molecule has 0 atom stereocenters. The topological polar surface area (TPSA) is 78.9 Å². The SMILES string of the molecule is O=C1CN(C(=O)CN(Cc2ccco2)Cc2ccco2)CCN1. The summed E-state index contributed by atoms with van der Waals surface area (Å²) in [5, 5.41) is 2.72. The van der Waals surface area contributed by atoms with E-state index in [1.165, 1.54) is 0 Å². The van der Waals surface area contributed by atoms with Gasteiger partial charge in [-0.1, -0.05) is 0 Å². The van der Waals surface area contributed by atoms with Gasteiger partial charge in [0, 0.05) is 13.1 Å². The summed E-state index contributed by atoms with van der Waals surface area (Å²) in [5.74, 6) is 1.37. The number of carbonyl (C=O) groups is 2. The van der Waals surface area contributed by atoms with Crippen LogP contribution in [0.25, 0.3) is 0 Å². The van der Waals surface area contributed by atoms with Crippen molar-refractivity contribution < 1.29 is 18.4 Å². The molecule has 1 saturated heterocycles. The molecule has 7 heteroatoms. The van der Waals surface area contributed by atoms with E-state index in [0.717, 1.165) is 11.5 Å². The number of nitrogens with one attached hydrogen (secondary N) is 1. The van der Waals surface area contributed by atoms with Crippen LogP contribution in [-0.4, -0.2) is 47.8 Å². The molecule has 1 aliphatic rings. The summed E-state index contributed by atoms with van der Waals surface area (Å²) in [5.41, 5.74) is 0. The van der Waals surface area contributed by atoms with Crippen molar-refractivity contribution in [1.29, 1.82) is 0 Å². The molecule has 0 aliphatic carbocycles. The molecule has 2 aromatic heterocycles. The lowest BCUT2D eigenvalue weighted by Gasteiger charge is -2.29. The number of amides is 2. The predicted molar refractivity (Wildman–Crippen MR) is 81.1 cm³/mol. The fourth-order valence-electron chi connectivity index (χ4n) is 2.56. The molecule has 0 unspecified atom stereocenters.